The van der Waals surface area contributed by atoms with E-state index < -0.39 is 10.0 Å². The van der Waals surface area contributed by atoms with Crippen LogP contribution in [0.2, 0.25) is 0 Å². The zero-order chi connectivity index (χ0) is 12.9. The maximum Gasteiger partial charge on any atom is 0.215 e. The molecule has 0 aromatic carbocycles. The molecule has 0 saturated heterocycles. The molecule has 0 aliphatic carbocycles. The van der Waals surface area contributed by atoms with E-state index in [0.29, 0.717) is 18.2 Å². The fraction of sp³-hybridized carbons (Fsp3) is 0.556. The predicted octanol–water partition coefficient (Wildman–Crippen LogP) is -0.178. The van der Waals surface area contributed by atoms with E-state index in [0.717, 1.165) is 0 Å². The Morgan fingerprint density at radius 3 is 2.53 bits per heavy atom. The molecule has 0 unspecified atom stereocenters. The average molecular weight is 259 g/mol. The molecule has 1 aromatic heterocycles. The third-order valence-electron chi connectivity index (χ3n) is 2.11. The van der Waals surface area contributed by atoms with Gasteiger partial charge in [-0.15, -0.1) is 0 Å². The van der Waals surface area contributed by atoms with Crippen molar-refractivity contribution in [2.75, 3.05) is 44.1 Å². The summed E-state index contributed by atoms with van der Waals surface area (Å²) in [5.74, 6) is 1.20. The summed E-state index contributed by atoms with van der Waals surface area (Å²) in [5, 5.41) is 5.76. The standard InChI is InChI=1S/C9H17N5O2S/c1-10-8-6-11-7-9(13-8)12-4-5-17(15,16)14(2)3/h6-7H,4-5H2,1-3H3,(H2,10,12,13). The highest BCUT2D eigenvalue weighted by atomic mass is 32.2. The Hall–Kier alpha value is -1.41. The number of rotatable bonds is 6. The third kappa shape index (κ3) is 4.16. The molecule has 0 aliphatic rings. The SMILES string of the molecule is CNc1cncc(NCCS(=O)(=O)N(C)C)n1. The largest absolute Gasteiger partial charge is 0.372 e. The van der Waals surface area contributed by atoms with Crippen molar-refractivity contribution < 1.29 is 8.42 Å². The highest BCUT2D eigenvalue weighted by Crippen LogP contribution is 2.05. The second-order valence-electron chi connectivity index (χ2n) is 3.56. The van der Waals surface area contributed by atoms with Crippen LogP contribution in [-0.2, 0) is 10.0 Å². The number of sulfonamides is 1. The fourth-order valence-corrected chi connectivity index (χ4v) is 1.79. The molecular formula is C9H17N5O2S. The zero-order valence-corrected chi connectivity index (χ0v) is 11.0. The molecule has 1 rings (SSSR count). The molecular weight excluding hydrogens is 242 g/mol. The Bertz CT molecular complexity index is 460. The molecule has 7 nitrogen and oxygen atoms in total. The predicted molar refractivity (Wildman–Crippen MR) is 67.5 cm³/mol. The molecule has 96 valence electrons. The summed E-state index contributed by atoms with van der Waals surface area (Å²) < 4.78 is 24.2. The normalized spacial score (nSPS) is 11.5. The lowest BCUT2D eigenvalue weighted by Gasteiger charge is -2.11. The van der Waals surface area contributed by atoms with Gasteiger partial charge in [0, 0.05) is 27.7 Å². The third-order valence-corrected chi connectivity index (χ3v) is 3.95. The molecule has 0 spiro atoms. The van der Waals surface area contributed by atoms with Gasteiger partial charge in [0.2, 0.25) is 10.0 Å². The number of anilines is 2. The minimum Gasteiger partial charge on any atom is -0.372 e. The molecule has 0 aliphatic heterocycles. The quantitative estimate of drug-likeness (QED) is 0.737. The monoisotopic (exact) mass is 259 g/mol. The molecule has 0 radical (unpaired) electrons. The Labute approximate surface area is 101 Å². The first-order chi connectivity index (χ1) is 7.95. The Morgan fingerprint density at radius 2 is 1.94 bits per heavy atom. The van der Waals surface area contributed by atoms with Crippen molar-refractivity contribution in [1.29, 1.82) is 0 Å². The molecule has 0 bridgehead atoms. The van der Waals surface area contributed by atoms with Crippen LogP contribution in [0.5, 0.6) is 0 Å². The second-order valence-corrected chi connectivity index (χ2v) is 5.87. The summed E-state index contributed by atoms with van der Waals surface area (Å²) >= 11 is 0. The van der Waals surface area contributed by atoms with E-state index in [-0.39, 0.29) is 5.75 Å². The van der Waals surface area contributed by atoms with Crippen LogP contribution in [0, 0.1) is 0 Å². The van der Waals surface area contributed by atoms with Crippen molar-refractivity contribution in [3.8, 4) is 0 Å². The fourth-order valence-electron chi connectivity index (χ4n) is 1.06. The maximum absolute atomic E-state index is 11.5. The van der Waals surface area contributed by atoms with Crippen molar-refractivity contribution in [2.45, 2.75) is 0 Å². The van der Waals surface area contributed by atoms with Crippen LogP contribution >= 0.6 is 0 Å². The molecule has 8 heteroatoms. The van der Waals surface area contributed by atoms with Gasteiger partial charge in [-0.2, -0.15) is 0 Å². The van der Waals surface area contributed by atoms with Crippen LogP contribution in [0.1, 0.15) is 0 Å². The van der Waals surface area contributed by atoms with E-state index in [1.807, 2.05) is 0 Å². The number of nitrogens with zero attached hydrogens (tertiary/aromatic N) is 3. The lowest BCUT2D eigenvalue weighted by molar-refractivity contribution is 0.521. The Balaban J connectivity index is 2.51. The minimum absolute atomic E-state index is 0.0193. The molecule has 0 atom stereocenters. The topological polar surface area (TPSA) is 87.2 Å². The van der Waals surface area contributed by atoms with Crippen LogP contribution in [0.4, 0.5) is 11.6 Å². The molecule has 0 saturated carbocycles. The van der Waals surface area contributed by atoms with Gasteiger partial charge in [-0.25, -0.2) is 17.7 Å². The second kappa shape index (κ2) is 5.78. The smallest absolute Gasteiger partial charge is 0.215 e. The number of hydrogen-bond donors (Lipinski definition) is 2. The van der Waals surface area contributed by atoms with Crippen molar-refractivity contribution in [2.24, 2.45) is 0 Å². The Kier molecular flexibility index (Phi) is 4.64. The summed E-state index contributed by atoms with van der Waals surface area (Å²) in [5.41, 5.74) is 0. The molecule has 0 fully saturated rings. The van der Waals surface area contributed by atoms with Crippen LogP contribution in [0.15, 0.2) is 12.4 Å². The van der Waals surface area contributed by atoms with Gasteiger partial charge in [-0.05, 0) is 0 Å². The number of aromatic nitrogens is 2. The highest BCUT2D eigenvalue weighted by Gasteiger charge is 2.12. The average Bonchev–Trinajstić information content (AvgIpc) is 2.29. The Morgan fingerprint density at radius 1 is 1.29 bits per heavy atom. The maximum atomic E-state index is 11.5. The minimum atomic E-state index is -3.18. The van der Waals surface area contributed by atoms with Crippen molar-refractivity contribution in [1.82, 2.24) is 14.3 Å². The van der Waals surface area contributed by atoms with E-state index >= 15 is 0 Å². The van der Waals surface area contributed by atoms with Crippen LogP contribution in [-0.4, -0.2) is 56.1 Å². The van der Waals surface area contributed by atoms with Crippen molar-refractivity contribution in [3.05, 3.63) is 12.4 Å². The van der Waals surface area contributed by atoms with Crippen LogP contribution < -0.4 is 10.6 Å². The van der Waals surface area contributed by atoms with E-state index in [1.54, 1.807) is 19.4 Å². The van der Waals surface area contributed by atoms with E-state index in [9.17, 15) is 8.42 Å². The van der Waals surface area contributed by atoms with E-state index in [1.165, 1.54) is 18.4 Å². The zero-order valence-electron chi connectivity index (χ0n) is 10.1. The lowest BCUT2D eigenvalue weighted by Crippen LogP contribution is -2.28. The van der Waals surface area contributed by atoms with Gasteiger partial charge in [0.05, 0.1) is 18.1 Å². The van der Waals surface area contributed by atoms with Crippen molar-refractivity contribution >= 4 is 21.7 Å². The van der Waals surface area contributed by atoms with Crippen LogP contribution in [0.25, 0.3) is 0 Å². The van der Waals surface area contributed by atoms with Gasteiger partial charge in [0.15, 0.2) is 0 Å². The van der Waals surface area contributed by atoms with Gasteiger partial charge in [-0.3, -0.25) is 4.98 Å². The van der Waals surface area contributed by atoms with Gasteiger partial charge in [-0.1, -0.05) is 0 Å². The summed E-state index contributed by atoms with van der Waals surface area (Å²) in [4.78, 5) is 8.12. The summed E-state index contributed by atoms with van der Waals surface area (Å²) in [6.45, 7) is 0.294. The lowest BCUT2D eigenvalue weighted by atomic mass is 10.6. The molecule has 17 heavy (non-hydrogen) atoms. The summed E-state index contributed by atoms with van der Waals surface area (Å²) in [6, 6.07) is 0. The van der Waals surface area contributed by atoms with Gasteiger partial charge < -0.3 is 10.6 Å². The first-order valence-corrected chi connectivity index (χ1v) is 6.70. The van der Waals surface area contributed by atoms with E-state index in [4.69, 9.17) is 0 Å². The van der Waals surface area contributed by atoms with Crippen LogP contribution in [0.3, 0.4) is 0 Å². The first-order valence-electron chi connectivity index (χ1n) is 5.09. The van der Waals surface area contributed by atoms with Gasteiger partial charge in [0.25, 0.3) is 0 Å². The van der Waals surface area contributed by atoms with Gasteiger partial charge >= 0.3 is 0 Å². The molecule has 2 N–H and O–H groups in total. The van der Waals surface area contributed by atoms with E-state index in [2.05, 4.69) is 20.6 Å². The first kappa shape index (κ1) is 13.7. The highest BCUT2D eigenvalue weighted by molar-refractivity contribution is 7.89. The molecule has 0 amide bonds. The number of hydrogen-bond acceptors (Lipinski definition) is 6. The van der Waals surface area contributed by atoms with Gasteiger partial charge in [0.1, 0.15) is 11.6 Å². The molecule has 1 heterocycles. The number of nitrogens with one attached hydrogen (secondary N) is 2. The summed E-state index contributed by atoms with van der Waals surface area (Å²) in [7, 11) is 1.58. The summed E-state index contributed by atoms with van der Waals surface area (Å²) in [6.07, 6.45) is 3.13. The molecule has 1 aromatic rings. The van der Waals surface area contributed by atoms with Crippen molar-refractivity contribution in [3.63, 3.8) is 0 Å².